The van der Waals surface area contributed by atoms with Crippen LogP contribution in [-0.2, 0) is 26.2 Å². The first-order chi connectivity index (χ1) is 16.3. The number of rotatable bonds is 7. The summed E-state index contributed by atoms with van der Waals surface area (Å²) in [4.78, 5) is 27.8. The molecule has 0 aromatic heterocycles. The predicted octanol–water partition coefficient (Wildman–Crippen LogP) is 2.69. The molecular formula is C25H31N3O5S. The molecule has 1 heterocycles. The largest absolute Gasteiger partial charge is 0.477 e. The number of carbonyl (C=O) groups is 2. The summed E-state index contributed by atoms with van der Waals surface area (Å²) in [5, 5.41) is 2.87. The summed E-state index contributed by atoms with van der Waals surface area (Å²) < 4.78 is 32.4. The minimum atomic E-state index is -3.57. The van der Waals surface area contributed by atoms with Gasteiger partial charge in [0.25, 0.3) is 5.91 Å². The first kappa shape index (κ1) is 24.2. The Morgan fingerprint density at radius 2 is 1.71 bits per heavy atom. The quantitative estimate of drug-likeness (QED) is 0.651. The molecule has 0 bridgehead atoms. The number of anilines is 1. The van der Waals surface area contributed by atoms with Crippen molar-refractivity contribution in [2.45, 2.75) is 50.8 Å². The highest BCUT2D eigenvalue weighted by Crippen LogP contribution is 2.34. The highest BCUT2D eigenvalue weighted by atomic mass is 32.2. The van der Waals surface area contributed by atoms with Crippen molar-refractivity contribution in [1.29, 1.82) is 0 Å². The zero-order chi connectivity index (χ0) is 24.1. The summed E-state index contributed by atoms with van der Waals surface area (Å²) in [6, 6.07) is 16.4. The molecule has 8 nitrogen and oxygen atoms in total. The lowest BCUT2D eigenvalue weighted by atomic mass is 9.95. The Labute approximate surface area is 200 Å². The van der Waals surface area contributed by atoms with Crippen LogP contribution in [0.4, 0.5) is 5.69 Å². The van der Waals surface area contributed by atoms with E-state index in [-0.39, 0.29) is 30.9 Å². The van der Waals surface area contributed by atoms with Gasteiger partial charge in [-0.2, -0.15) is 4.31 Å². The Bertz CT molecular complexity index is 1120. The molecule has 9 heteroatoms. The van der Waals surface area contributed by atoms with Crippen molar-refractivity contribution in [2.75, 3.05) is 24.2 Å². The van der Waals surface area contributed by atoms with E-state index in [0.29, 0.717) is 18.0 Å². The monoisotopic (exact) mass is 485 g/mol. The number of carbonyl (C=O) groups excluding carboxylic acids is 2. The van der Waals surface area contributed by atoms with Gasteiger partial charge in [0.05, 0.1) is 25.0 Å². The van der Waals surface area contributed by atoms with Gasteiger partial charge in [-0.05, 0) is 30.5 Å². The lowest BCUT2D eigenvalue weighted by Crippen LogP contribution is -2.54. The van der Waals surface area contributed by atoms with Crippen LogP contribution >= 0.6 is 0 Å². The molecule has 0 unspecified atom stereocenters. The second-order valence-electron chi connectivity index (χ2n) is 8.88. The highest BCUT2D eigenvalue weighted by molar-refractivity contribution is 7.88. The molecular weight excluding hydrogens is 454 g/mol. The zero-order valence-electron chi connectivity index (χ0n) is 19.4. The molecule has 2 aliphatic rings. The van der Waals surface area contributed by atoms with Gasteiger partial charge in [-0.1, -0.05) is 61.7 Å². The van der Waals surface area contributed by atoms with E-state index in [1.807, 2.05) is 30.3 Å². The molecule has 1 aliphatic carbocycles. The van der Waals surface area contributed by atoms with Crippen molar-refractivity contribution in [3.05, 3.63) is 60.2 Å². The third-order valence-electron chi connectivity index (χ3n) is 6.38. The minimum Gasteiger partial charge on any atom is -0.477 e. The first-order valence-corrected chi connectivity index (χ1v) is 13.5. The number of sulfonamides is 1. The lowest BCUT2D eigenvalue weighted by Gasteiger charge is -2.37. The molecule has 34 heavy (non-hydrogen) atoms. The van der Waals surface area contributed by atoms with Gasteiger partial charge in [-0.25, -0.2) is 8.42 Å². The maximum absolute atomic E-state index is 13.4. The first-order valence-electron chi connectivity index (χ1n) is 11.7. The normalized spacial score (nSPS) is 18.8. The van der Waals surface area contributed by atoms with E-state index >= 15 is 0 Å². The second kappa shape index (κ2) is 10.6. The van der Waals surface area contributed by atoms with Gasteiger partial charge in [-0.15, -0.1) is 0 Å². The molecule has 1 aliphatic heterocycles. The molecule has 1 fully saturated rings. The summed E-state index contributed by atoms with van der Waals surface area (Å²) in [6.45, 7) is 0.105. The van der Waals surface area contributed by atoms with Gasteiger partial charge in [0.15, 0.2) is 6.10 Å². The van der Waals surface area contributed by atoms with E-state index < -0.39 is 16.1 Å². The molecule has 1 atom stereocenters. The van der Waals surface area contributed by atoms with E-state index in [4.69, 9.17) is 4.74 Å². The zero-order valence-corrected chi connectivity index (χ0v) is 20.2. The number of hydrogen-bond donors (Lipinski definition) is 1. The van der Waals surface area contributed by atoms with E-state index in [1.54, 1.807) is 24.3 Å². The summed E-state index contributed by atoms with van der Waals surface area (Å²) >= 11 is 0. The van der Waals surface area contributed by atoms with Gasteiger partial charge in [0.1, 0.15) is 5.75 Å². The minimum absolute atomic E-state index is 0.0126. The smallest absolute Gasteiger partial charge is 0.263 e. The summed E-state index contributed by atoms with van der Waals surface area (Å²) in [6.07, 6.45) is 4.75. The molecule has 2 amide bonds. The fourth-order valence-electron chi connectivity index (χ4n) is 4.61. The van der Waals surface area contributed by atoms with Gasteiger partial charge in [-0.3, -0.25) is 9.59 Å². The lowest BCUT2D eigenvalue weighted by molar-refractivity contribution is -0.128. The van der Waals surface area contributed by atoms with Gasteiger partial charge >= 0.3 is 0 Å². The Morgan fingerprint density at radius 1 is 1.03 bits per heavy atom. The van der Waals surface area contributed by atoms with Crippen molar-refractivity contribution < 1.29 is 22.7 Å². The van der Waals surface area contributed by atoms with Crippen LogP contribution in [0.25, 0.3) is 0 Å². The molecule has 4 rings (SSSR count). The second-order valence-corrected chi connectivity index (χ2v) is 10.8. The molecule has 2 aromatic carbocycles. The Kier molecular flexibility index (Phi) is 7.53. The number of para-hydroxylation sites is 2. The Hall–Kier alpha value is -2.91. The summed E-state index contributed by atoms with van der Waals surface area (Å²) in [5.74, 6) is -0.276. The number of nitrogens with one attached hydrogen (secondary N) is 1. The van der Waals surface area contributed by atoms with Crippen LogP contribution in [0, 0.1) is 0 Å². The van der Waals surface area contributed by atoms with Crippen molar-refractivity contribution in [3.63, 3.8) is 0 Å². The van der Waals surface area contributed by atoms with E-state index in [0.717, 1.165) is 43.9 Å². The van der Waals surface area contributed by atoms with Crippen LogP contribution < -0.4 is 15.0 Å². The third kappa shape index (κ3) is 5.77. The Balaban J connectivity index is 1.51. The Morgan fingerprint density at radius 3 is 2.41 bits per heavy atom. The van der Waals surface area contributed by atoms with Crippen LogP contribution in [0.15, 0.2) is 54.6 Å². The predicted molar refractivity (Wildman–Crippen MR) is 130 cm³/mol. The molecule has 0 radical (unpaired) electrons. The summed E-state index contributed by atoms with van der Waals surface area (Å²) in [5.41, 5.74) is 1.49. The van der Waals surface area contributed by atoms with Crippen LogP contribution in [0.1, 0.15) is 37.7 Å². The van der Waals surface area contributed by atoms with Crippen LogP contribution in [0.5, 0.6) is 5.75 Å². The van der Waals surface area contributed by atoms with Crippen LogP contribution in [0.2, 0.25) is 0 Å². The van der Waals surface area contributed by atoms with Gasteiger partial charge in [0, 0.05) is 12.6 Å². The topological polar surface area (TPSA) is 96.0 Å². The van der Waals surface area contributed by atoms with Crippen LogP contribution in [-0.4, -0.2) is 56.0 Å². The maximum Gasteiger partial charge on any atom is 0.263 e. The molecule has 0 spiro atoms. The standard InChI is InChI=1S/C25H31N3O5S/c1-34(31,32)28(20-12-6-3-7-13-20)18-24(29)27-17-23(33-22-15-9-8-14-21(22)27)25(30)26-16-19-10-4-2-5-11-19/h2,4-5,8-11,14-15,20,23H,3,6-7,12-13,16-18H2,1H3,(H,26,30)/t23-/m1/s1. The van der Waals surface area contributed by atoms with Crippen LogP contribution in [0.3, 0.4) is 0 Å². The van der Waals surface area contributed by atoms with E-state index in [2.05, 4.69) is 5.32 Å². The average molecular weight is 486 g/mol. The van der Waals surface area contributed by atoms with Gasteiger partial charge < -0.3 is 15.0 Å². The SMILES string of the molecule is CS(=O)(=O)N(CC(=O)N1C[C@H](C(=O)NCc2ccccc2)Oc2ccccc21)C1CCCCC1. The summed E-state index contributed by atoms with van der Waals surface area (Å²) in [7, 11) is -3.57. The fourth-order valence-corrected chi connectivity index (χ4v) is 5.71. The van der Waals surface area contributed by atoms with E-state index in [1.165, 1.54) is 9.21 Å². The number of amides is 2. The number of fused-ring (bicyclic) bond motifs is 1. The number of benzene rings is 2. The van der Waals surface area contributed by atoms with Crippen molar-refractivity contribution in [1.82, 2.24) is 9.62 Å². The average Bonchev–Trinajstić information content (AvgIpc) is 2.85. The molecule has 182 valence electrons. The molecule has 1 N–H and O–H groups in total. The van der Waals surface area contributed by atoms with Gasteiger partial charge in [0.2, 0.25) is 15.9 Å². The third-order valence-corrected chi connectivity index (χ3v) is 7.65. The number of hydrogen-bond acceptors (Lipinski definition) is 5. The number of ether oxygens (including phenoxy) is 1. The highest BCUT2D eigenvalue weighted by Gasteiger charge is 2.37. The number of nitrogens with zero attached hydrogens (tertiary/aromatic N) is 2. The van der Waals surface area contributed by atoms with Crippen molar-refractivity contribution in [2.24, 2.45) is 0 Å². The molecule has 1 saturated carbocycles. The molecule has 0 saturated heterocycles. The molecule has 2 aromatic rings. The fraction of sp³-hybridized carbons (Fsp3) is 0.440. The van der Waals surface area contributed by atoms with Crippen molar-refractivity contribution >= 4 is 27.5 Å². The maximum atomic E-state index is 13.4. The van der Waals surface area contributed by atoms with E-state index in [9.17, 15) is 18.0 Å². The van der Waals surface area contributed by atoms with Crippen molar-refractivity contribution in [3.8, 4) is 5.75 Å².